The number of amides is 1. The van der Waals surface area contributed by atoms with Gasteiger partial charge in [0.2, 0.25) is 5.91 Å². The Morgan fingerprint density at radius 2 is 1.91 bits per heavy atom. The number of nitrogens with zero attached hydrogens (tertiary/aromatic N) is 2. The zero-order valence-electron chi connectivity index (χ0n) is 11.7. The van der Waals surface area contributed by atoms with Gasteiger partial charge in [0, 0.05) is 18.7 Å². The molecule has 0 aliphatic heterocycles. The Balaban J connectivity index is 1.90. The Kier molecular flexibility index (Phi) is 4.83. The van der Waals surface area contributed by atoms with Gasteiger partial charge in [-0.15, -0.1) is 0 Å². The van der Waals surface area contributed by atoms with Crippen molar-refractivity contribution < 1.29 is 9.72 Å². The predicted molar refractivity (Wildman–Crippen MR) is 79.8 cm³/mol. The van der Waals surface area contributed by atoms with E-state index in [-0.39, 0.29) is 18.0 Å². The summed E-state index contributed by atoms with van der Waals surface area (Å²) in [6.45, 7) is 0.335. The van der Waals surface area contributed by atoms with Crippen LogP contribution in [0.5, 0.6) is 0 Å². The van der Waals surface area contributed by atoms with Gasteiger partial charge < -0.3 is 5.32 Å². The normalized spacial score (nSPS) is 9.77. The maximum atomic E-state index is 11.8. The van der Waals surface area contributed by atoms with E-state index in [0.717, 1.165) is 5.56 Å². The summed E-state index contributed by atoms with van der Waals surface area (Å²) in [6, 6.07) is 14.9. The largest absolute Gasteiger partial charge is 0.352 e. The lowest BCUT2D eigenvalue weighted by atomic mass is 10.1. The third kappa shape index (κ3) is 4.15. The first-order chi connectivity index (χ1) is 10.6. The molecule has 110 valence electrons. The second-order valence-electron chi connectivity index (χ2n) is 4.69. The quantitative estimate of drug-likeness (QED) is 0.676. The molecule has 0 aliphatic carbocycles. The monoisotopic (exact) mass is 295 g/mol. The number of nitro groups is 1. The Morgan fingerprint density at radius 3 is 2.55 bits per heavy atom. The van der Waals surface area contributed by atoms with Gasteiger partial charge in [-0.2, -0.15) is 5.26 Å². The Labute approximate surface area is 127 Å². The molecule has 0 radical (unpaired) electrons. The van der Waals surface area contributed by atoms with Crippen LogP contribution >= 0.6 is 0 Å². The number of carbonyl (C=O) groups is 1. The third-order valence-electron chi connectivity index (χ3n) is 3.06. The molecular weight excluding hydrogens is 282 g/mol. The summed E-state index contributed by atoms with van der Waals surface area (Å²) in [5.74, 6) is -0.184. The first-order valence-corrected chi connectivity index (χ1v) is 6.57. The first kappa shape index (κ1) is 15.2. The van der Waals surface area contributed by atoms with Crippen molar-refractivity contribution in [3.63, 3.8) is 0 Å². The molecule has 0 aromatic heterocycles. The van der Waals surface area contributed by atoms with Gasteiger partial charge in [-0.25, -0.2) is 0 Å². The van der Waals surface area contributed by atoms with Gasteiger partial charge in [0.05, 0.1) is 23.0 Å². The van der Waals surface area contributed by atoms with Crippen LogP contribution in [-0.4, -0.2) is 10.8 Å². The van der Waals surface area contributed by atoms with E-state index in [9.17, 15) is 14.9 Å². The fraction of sp³-hybridized carbons (Fsp3) is 0.125. The minimum atomic E-state index is -0.480. The highest BCUT2D eigenvalue weighted by atomic mass is 16.6. The highest BCUT2D eigenvalue weighted by molar-refractivity contribution is 5.78. The van der Waals surface area contributed by atoms with Crippen LogP contribution in [0.4, 0.5) is 5.69 Å². The lowest BCUT2D eigenvalue weighted by Gasteiger charge is -2.06. The van der Waals surface area contributed by atoms with Crippen LogP contribution < -0.4 is 5.32 Å². The molecule has 0 unspecified atom stereocenters. The van der Waals surface area contributed by atoms with Crippen molar-refractivity contribution >= 4 is 11.6 Å². The zero-order valence-corrected chi connectivity index (χ0v) is 11.7. The van der Waals surface area contributed by atoms with E-state index in [2.05, 4.69) is 5.32 Å². The molecular formula is C16H13N3O3. The van der Waals surface area contributed by atoms with E-state index < -0.39 is 4.92 Å². The molecule has 2 aromatic carbocycles. The molecule has 0 saturated carbocycles. The van der Waals surface area contributed by atoms with Crippen molar-refractivity contribution in [2.24, 2.45) is 0 Å². The summed E-state index contributed by atoms with van der Waals surface area (Å²) in [7, 11) is 0. The molecule has 0 bridgehead atoms. The number of rotatable bonds is 5. The highest BCUT2D eigenvalue weighted by Gasteiger charge is 2.07. The Bertz CT molecular complexity index is 733. The van der Waals surface area contributed by atoms with Crippen molar-refractivity contribution in [2.45, 2.75) is 13.0 Å². The van der Waals surface area contributed by atoms with Crippen molar-refractivity contribution in [1.29, 1.82) is 5.26 Å². The molecule has 6 nitrogen and oxygen atoms in total. The van der Waals surface area contributed by atoms with Crippen LogP contribution in [0.15, 0.2) is 48.5 Å². The second kappa shape index (κ2) is 6.99. The minimum absolute atomic E-state index is 0.00234. The number of nitro benzene ring substituents is 1. The van der Waals surface area contributed by atoms with Crippen LogP contribution in [0.1, 0.15) is 16.7 Å². The molecule has 0 heterocycles. The number of hydrogen-bond donors (Lipinski definition) is 1. The summed E-state index contributed by atoms with van der Waals surface area (Å²) in [6.07, 6.45) is 0.149. The average Bonchev–Trinajstić information content (AvgIpc) is 2.53. The molecule has 0 fully saturated rings. The number of nitriles is 1. The maximum absolute atomic E-state index is 11.8. The van der Waals surface area contributed by atoms with E-state index in [1.54, 1.807) is 30.3 Å². The first-order valence-electron chi connectivity index (χ1n) is 6.57. The van der Waals surface area contributed by atoms with E-state index in [1.807, 2.05) is 12.1 Å². The number of carbonyl (C=O) groups excluding carboxylic acids is 1. The van der Waals surface area contributed by atoms with Gasteiger partial charge in [-0.3, -0.25) is 14.9 Å². The molecule has 0 saturated heterocycles. The van der Waals surface area contributed by atoms with E-state index >= 15 is 0 Å². The topological polar surface area (TPSA) is 96.0 Å². The van der Waals surface area contributed by atoms with Crippen molar-refractivity contribution in [1.82, 2.24) is 5.32 Å². The molecule has 0 spiro atoms. The van der Waals surface area contributed by atoms with Crippen LogP contribution in [-0.2, 0) is 17.8 Å². The van der Waals surface area contributed by atoms with Gasteiger partial charge in [0.25, 0.3) is 5.69 Å². The molecule has 1 N–H and O–H groups in total. The van der Waals surface area contributed by atoms with E-state index in [4.69, 9.17) is 5.26 Å². The van der Waals surface area contributed by atoms with Crippen molar-refractivity contribution in [3.05, 3.63) is 75.3 Å². The van der Waals surface area contributed by atoms with Crippen LogP contribution in [0.3, 0.4) is 0 Å². The van der Waals surface area contributed by atoms with Gasteiger partial charge in [-0.1, -0.05) is 24.3 Å². The van der Waals surface area contributed by atoms with Gasteiger partial charge in [0.15, 0.2) is 0 Å². The molecule has 2 rings (SSSR count). The van der Waals surface area contributed by atoms with Crippen molar-refractivity contribution in [3.8, 4) is 6.07 Å². The number of benzene rings is 2. The summed E-state index contributed by atoms with van der Waals surface area (Å²) in [5, 5.41) is 22.1. The standard InChI is InChI=1S/C16H13N3O3/c17-10-13-2-1-3-14(8-13)11-18-16(20)9-12-4-6-15(7-5-12)19(21)22/h1-8H,9,11H2,(H,18,20). The van der Waals surface area contributed by atoms with Crippen LogP contribution in [0.25, 0.3) is 0 Å². The Hall–Kier alpha value is -3.20. The predicted octanol–water partition coefficient (Wildman–Crippen LogP) is 2.33. The summed E-state index contributed by atoms with van der Waals surface area (Å²) in [5.41, 5.74) is 2.09. The minimum Gasteiger partial charge on any atom is -0.352 e. The lowest BCUT2D eigenvalue weighted by Crippen LogP contribution is -2.24. The molecule has 2 aromatic rings. The van der Waals surface area contributed by atoms with Crippen LogP contribution in [0, 0.1) is 21.4 Å². The number of hydrogen-bond acceptors (Lipinski definition) is 4. The zero-order chi connectivity index (χ0) is 15.9. The number of nitrogens with one attached hydrogen (secondary N) is 1. The molecule has 0 aliphatic rings. The fourth-order valence-electron chi connectivity index (χ4n) is 1.93. The molecule has 6 heteroatoms. The third-order valence-corrected chi connectivity index (χ3v) is 3.06. The van der Waals surface area contributed by atoms with Gasteiger partial charge >= 0.3 is 0 Å². The Morgan fingerprint density at radius 1 is 1.18 bits per heavy atom. The van der Waals surface area contributed by atoms with Crippen LogP contribution in [0.2, 0.25) is 0 Å². The smallest absolute Gasteiger partial charge is 0.269 e. The second-order valence-corrected chi connectivity index (χ2v) is 4.69. The van der Waals surface area contributed by atoms with Gasteiger partial charge in [-0.05, 0) is 23.3 Å². The lowest BCUT2D eigenvalue weighted by molar-refractivity contribution is -0.384. The molecule has 1 amide bonds. The summed E-state index contributed by atoms with van der Waals surface area (Å²) in [4.78, 5) is 21.9. The SMILES string of the molecule is N#Cc1cccc(CNC(=O)Cc2ccc([N+](=O)[O-])cc2)c1. The average molecular weight is 295 g/mol. The summed E-state index contributed by atoms with van der Waals surface area (Å²) < 4.78 is 0. The maximum Gasteiger partial charge on any atom is 0.269 e. The van der Waals surface area contributed by atoms with E-state index in [1.165, 1.54) is 12.1 Å². The van der Waals surface area contributed by atoms with E-state index in [0.29, 0.717) is 17.7 Å². The number of non-ortho nitro benzene ring substituents is 1. The fourth-order valence-corrected chi connectivity index (χ4v) is 1.93. The molecule has 0 atom stereocenters. The highest BCUT2D eigenvalue weighted by Crippen LogP contribution is 2.12. The van der Waals surface area contributed by atoms with Crippen molar-refractivity contribution in [2.75, 3.05) is 0 Å². The summed E-state index contributed by atoms with van der Waals surface area (Å²) >= 11 is 0. The van der Waals surface area contributed by atoms with Gasteiger partial charge in [0.1, 0.15) is 0 Å². The molecule has 22 heavy (non-hydrogen) atoms.